The van der Waals surface area contributed by atoms with E-state index in [1.165, 1.54) is 28.9 Å². The molecular formula is C18H15F3N4O2. The van der Waals surface area contributed by atoms with E-state index in [4.69, 9.17) is 0 Å². The van der Waals surface area contributed by atoms with Crippen molar-refractivity contribution in [3.05, 3.63) is 52.8 Å². The lowest BCUT2D eigenvalue weighted by Crippen LogP contribution is -2.29. The first kappa shape index (κ1) is 17.5. The van der Waals surface area contributed by atoms with Gasteiger partial charge < -0.3 is 10.1 Å². The number of hydrogen-bond acceptors (Lipinski definition) is 5. The summed E-state index contributed by atoms with van der Waals surface area (Å²) in [5.74, 6) is -0.297. The molecule has 1 N–H and O–H groups in total. The number of aromatic nitrogens is 3. The van der Waals surface area contributed by atoms with Crippen molar-refractivity contribution in [3.8, 4) is 16.9 Å². The Hall–Kier alpha value is -2.94. The highest BCUT2D eigenvalue weighted by Gasteiger charge is 2.31. The molecule has 6 nitrogen and oxygen atoms in total. The monoisotopic (exact) mass is 376 g/mol. The predicted molar refractivity (Wildman–Crippen MR) is 92.4 cm³/mol. The molecule has 1 fully saturated rings. The Morgan fingerprint density at radius 1 is 1.11 bits per heavy atom. The first-order valence-corrected chi connectivity index (χ1v) is 8.37. The fourth-order valence-corrected chi connectivity index (χ4v) is 3.17. The fourth-order valence-electron chi connectivity index (χ4n) is 3.17. The second-order valence-electron chi connectivity index (χ2n) is 6.29. The molecule has 0 unspecified atom stereocenters. The SMILES string of the molecule is O=c1c2cc(-c3ccc(OC(F)(F)F)cc3)ccc2nnn1[C@H]1CCNC1. The zero-order valence-electron chi connectivity index (χ0n) is 14.0. The van der Waals surface area contributed by atoms with E-state index in [0.717, 1.165) is 13.0 Å². The number of hydrogen-bond donors (Lipinski definition) is 1. The largest absolute Gasteiger partial charge is 0.573 e. The summed E-state index contributed by atoms with van der Waals surface area (Å²) in [5, 5.41) is 11.8. The summed E-state index contributed by atoms with van der Waals surface area (Å²) >= 11 is 0. The number of fused-ring (bicyclic) bond motifs is 1. The molecule has 1 aliphatic heterocycles. The maximum absolute atomic E-state index is 12.8. The van der Waals surface area contributed by atoms with Crippen molar-refractivity contribution in [2.45, 2.75) is 18.8 Å². The highest BCUT2D eigenvalue weighted by Crippen LogP contribution is 2.27. The van der Waals surface area contributed by atoms with Gasteiger partial charge in [-0.05, 0) is 48.4 Å². The van der Waals surface area contributed by atoms with Crippen LogP contribution in [0.1, 0.15) is 12.5 Å². The van der Waals surface area contributed by atoms with Gasteiger partial charge in [-0.3, -0.25) is 4.79 Å². The van der Waals surface area contributed by atoms with Crippen LogP contribution in [0.3, 0.4) is 0 Å². The molecule has 1 aromatic heterocycles. The summed E-state index contributed by atoms with van der Waals surface area (Å²) in [6.07, 6.45) is -3.93. The van der Waals surface area contributed by atoms with Crippen molar-refractivity contribution in [3.63, 3.8) is 0 Å². The Balaban J connectivity index is 1.70. The van der Waals surface area contributed by atoms with Gasteiger partial charge in [0.15, 0.2) is 0 Å². The first-order valence-electron chi connectivity index (χ1n) is 8.37. The van der Waals surface area contributed by atoms with Gasteiger partial charge in [-0.2, -0.15) is 0 Å². The molecule has 9 heteroatoms. The van der Waals surface area contributed by atoms with Crippen LogP contribution in [0.4, 0.5) is 13.2 Å². The summed E-state index contributed by atoms with van der Waals surface area (Å²) in [6, 6.07) is 10.6. The number of halogens is 3. The summed E-state index contributed by atoms with van der Waals surface area (Å²) in [5.41, 5.74) is 1.61. The van der Waals surface area contributed by atoms with Gasteiger partial charge >= 0.3 is 6.36 Å². The van der Waals surface area contributed by atoms with E-state index in [-0.39, 0.29) is 17.4 Å². The van der Waals surface area contributed by atoms with Crippen LogP contribution in [-0.2, 0) is 0 Å². The Kier molecular flexibility index (Phi) is 4.31. The van der Waals surface area contributed by atoms with E-state index in [0.29, 0.717) is 28.6 Å². The molecule has 4 rings (SSSR count). The van der Waals surface area contributed by atoms with Gasteiger partial charge in [0.2, 0.25) is 0 Å². The highest BCUT2D eigenvalue weighted by atomic mass is 19.4. The Morgan fingerprint density at radius 3 is 2.52 bits per heavy atom. The van der Waals surface area contributed by atoms with Gasteiger partial charge in [0, 0.05) is 6.54 Å². The molecular weight excluding hydrogens is 361 g/mol. The zero-order chi connectivity index (χ0) is 19.0. The van der Waals surface area contributed by atoms with Crippen LogP contribution in [0.15, 0.2) is 47.3 Å². The smallest absolute Gasteiger partial charge is 0.406 e. The molecule has 1 atom stereocenters. The van der Waals surface area contributed by atoms with Gasteiger partial charge in [0.1, 0.15) is 11.3 Å². The number of nitrogens with one attached hydrogen (secondary N) is 1. The molecule has 140 valence electrons. The molecule has 0 spiro atoms. The third-order valence-corrected chi connectivity index (χ3v) is 4.49. The van der Waals surface area contributed by atoms with Crippen LogP contribution < -0.4 is 15.6 Å². The van der Waals surface area contributed by atoms with Crippen molar-refractivity contribution in [1.82, 2.24) is 20.3 Å². The standard InChI is InChI=1S/C18H15F3N4O2/c19-18(20,21)27-14-4-1-11(2-5-14)12-3-6-16-15(9-12)17(26)25(24-23-16)13-7-8-22-10-13/h1-6,9,13,22H,7-8,10H2/t13-/m0/s1. The molecule has 1 aliphatic rings. The van der Waals surface area contributed by atoms with Crippen molar-refractivity contribution in [2.75, 3.05) is 13.1 Å². The molecule has 27 heavy (non-hydrogen) atoms. The average molecular weight is 376 g/mol. The number of rotatable bonds is 3. The first-order chi connectivity index (χ1) is 12.9. The van der Waals surface area contributed by atoms with Crippen molar-refractivity contribution in [1.29, 1.82) is 0 Å². The lowest BCUT2D eigenvalue weighted by molar-refractivity contribution is -0.274. The van der Waals surface area contributed by atoms with Crippen LogP contribution in [0.5, 0.6) is 5.75 Å². The minimum Gasteiger partial charge on any atom is -0.406 e. The van der Waals surface area contributed by atoms with Gasteiger partial charge in [0.05, 0.1) is 11.4 Å². The van der Waals surface area contributed by atoms with Crippen LogP contribution in [0, 0.1) is 0 Å². The van der Waals surface area contributed by atoms with Crippen molar-refractivity contribution in [2.24, 2.45) is 0 Å². The minimum atomic E-state index is -4.73. The summed E-state index contributed by atoms with van der Waals surface area (Å²) in [7, 11) is 0. The molecule has 0 radical (unpaired) electrons. The Bertz CT molecular complexity index is 1030. The second kappa shape index (κ2) is 6.66. The minimum absolute atomic E-state index is 0.0307. The molecule has 2 heterocycles. The normalized spacial score (nSPS) is 17.4. The average Bonchev–Trinajstić information content (AvgIpc) is 3.16. The van der Waals surface area contributed by atoms with Gasteiger partial charge in [-0.1, -0.05) is 23.4 Å². The lowest BCUT2D eigenvalue weighted by atomic mass is 10.0. The quantitative estimate of drug-likeness (QED) is 0.761. The van der Waals surface area contributed by atoms with E-state index in [2.05, 4.69) is 20.4 Å². The molecule has 0 bridgehead atoms. The van der Waals surface area contributed by atoms with Crippen LogP contribution >= 0.6 is 0 Å². The maximum Gasteiger partial charge on any atom is 0.573 e. The van der Waals surface area contributed by atoms with Crippen molar-refractivity contribution >= 4 is 10.9 Å². The zero-order valence-corrected chi connectivity index (χ0v) is 14.0. The number of ether oxygens (including phenoxy) is 1. The van der Waals surface area contributed by atoms with E-state index in [9.17, 15) is 18.0 Å². The van der Waals surface area contributed by atoms with E-state index in [1.807, 2.05) is 0 Å². The van der Waals surface area contributed by atoms with Crippen LogP contribution in [0.2, 0.25) is 0 Å². The number of nitrogens with zero attached hydrogens (tertiary/aromatic N) is 3. The Morgan fingerprint density at radius 2 is 1.85 bits per heavy atom. The fraction of sp³-hybridized carbons (Fsp3) is 0.278. The molecule has 1 saturated heterocycles. The molecule has 3 aromatic rings. The van der Waals surface area contributed by atoms with E-state index < -0.39 is 6.36 Å². The van der Waals surface area contributed by atoms with E-state index >= 15 is 0 Å². The lowest BCUT2D eigenvalue weighted by Gasteiger charge is -2.11. The van der Waals surface area contributed by atoms with Crippen LogP contribution in [-0.4, -0.2) is 34.4 Å². The second-order valence-corrected chi connectivity index (χ2v) is 6.29. The predicted octanol–water partition coefficient (Wildman–Crippen LogP) is 2.89. The summed E-state index contributed by atoms with van der Waals surface area (Å²) < 4.78 is 42.1. The highest BCUT2D eigenvalue weighted by molar-refractivity contribution is 5.83. The van der Waals surface area contributed by atoms with E-state index in [1.54, 1.807) is 18.2 Å². The molecule has 0 aliphatic carbocycles. The molecule has 0 amide bonds. The van der Waals surface area contributed by atoms with Gasteiger partial charge in [0.25, 0.3) is 5.56 Å². The third-order valence-electron chi connectivity index (χ3n) is 4.49. The van der Waals surface area contributed by atoms with Crippen LogP contribution in [0.25, 0.3) is 22.0 Å². The number of benzene rings is 2. The number of alkyl halides is 3. The van der Waals surface area contributed by atoms with Gasteiger partial charge in [-0.15, -0.1) is 18.3 Å². The maximum atomic E-state index is 12.8. The summed E-state index contributed by atoms with van der Waals surface area (Å²) in [6.45, 7) is 1.49. The molecule has 2 aromatic carbocycles. The summed E-state index contributed by atoms with van der Waals surface area (Å²) in [4.78, 5) is 12.8. The van der Waals surface area contributed by atoms with Crippen molar-refractivity contribution < 1.29 is 17.9 Å². The Labute approximate surface area is 151 Å². The van der Waals surface area contributed by atoms with Gasteiger partial charge in [-0.25, -0.2) is 4.68 Å². The third kappa shape index (κ3) is 3.63. The molecule has 0 saturated carbocycles. The topological polar surface area (TPSA) is 69.0 Å².